The van der Waals surface area contributed by atoms with E-state index in [2.05, 4.69) is 49.3 Å². The first-order chi connectivity index (χ1) is 12.4. The van der Waals surface area contributed by atoms with E-state index in [1.807, 2.05) is 11.8 Å². The maximum absolute atomic E-state index is 3.37. The van der Waals surface area contributed by atoms with Gasteiger partial charge in [0, 0.05) is 17.7 Å². The van der Waals surface area contributed by atoms with Crippen molar-refractivity contribution in [2.24, 2.45) is 0 Å². The lowest BCUT2D eigenvalue weighted by atomic mass is 10.1. The van der Waals surface area contributed by atoms with Crippen LogP contribution in [0.15, 0.2) is 29.2 Å². The Hall–Kier alpha value is -0.870. The van der Waals surface area contributed by atoms with Gasteiger partial charge in [-0.05, 0) is 37.1 Å². The van der Waals surface area contributed by atoms with E-state index in [1.54, 1.807) is 0 Å². The Morgan fingerprint density at radius 2 is 1.28 bits per heavy atom. The molecule has 0 aliphatic heterocycles. The fourth-order valence-corrected chi connectivity index (χ4v) is 3.80. The van der Waals surface area contributed by atoms with Gasteiger partial charge in [-0.25, -0.2) is 0 Å². The van der Waals surface area contributed by atoms with Crippen LogP contribution in [0.2, 0.25) is 0 Å². The largest absolute Gasteiger partial charge is 0.129 e. The summed E-state index contributed by atoms with van der Waals surface area (Å²) in [6.45, 7) is 2.29. The molecule has 0 saturated heterocycles. The van der Waals surface area contributed by atoms with E-state index in [1.165, 1.54) is 81.1 Å². The predicted octanol–water partition coefficient (Wildman–Crippen LogP) is 8.05. The molecule has 0 bridgehead atoms. The summed E-state index contributed by atoms with van der Waals surface area (Å²) in [4.78, 5) is 1.42. The van der Waals surface area contributed by atoms with Crippen molar-refractivity contribution >= 4 is 11.8 Å². The summed E-state index contributed by atoms with van der Waals surface area (Å²) in [5.41, 5.74) is 1.48. The maximum Gasteiger partial charge on any atom is 0.0101 e. The van der Waals surface area contributed by atoms with Crippen molar-refractivity contribution in [3.63, 3.8) is 0 Å². The number of rotatable bonds is 14. The molecule has 140 valence electrons. The first kappa shape index (κ1) is 22.2. The summed E-state index contributed by atoms with van der Waals surface area (Å²) in [7, 11) is 0. The zero-order valence-corrected chi connectivity index (χ0v) is 17.4. The van der Waals surface area contributed by atoms with Gasteiger partial charge in [-0.1, -0.05) is 82.9 Å². The van der Waals surface area contributed by atoms with Crippen LogP contribution >= 0.6 is 11.8 Å². The average Bonchev–Trinajstić information content (AvgIpc) is 2.65. The lowest BCUT2D eigenvalue weighted by molar-refractivity contribution is 0.558. The summed E-state index contributed by atoms with van der Waals surface area (Å²) in [5.74, 6) is 6.74. The molecule has 1 aromatic carbocycles. The first-order valence-corrected chi connectivity index (χ1v) is 11.7. The molecule has 0 fully saturated rings. The molecule has 0 aliphatic carbocycles. The van der Waals surface area contributed by atoms with E-state index < -0.39 is 0 Å². The van der Waals surface area contributed by atoms with E-state index >= 15 is 0 Å². The van der Waals surface area contributed by atoms with Gasteiger partial charge in [-0.3, -0.25) is 0 Å². The Balaban J connectivity index is 1.91. The minimum Gasteiger partial charge on any atom is -0.129 e. The van der Waals surface area contributed by atoms with Crippen molar-refractivity contribution in [3.8, 4) is 11.8 Å². The second-order valence-corrected chi connectivity index (χ2v) is 7.80. The van der Waals surface area contributed by atoms with E-state index in [0.29, 0.717) is 0 Å². The van der Waals surface area contributed by atoms with Crippen molar-refractivity contribution in [1.82, 2.24) is 0 Å². The molecule has 1 rings (SSSR count). The molecule has 0 aliphatic rings. The summed E-state index contributed by atoms with van der Waals surface area (Å²) >= 11 is 1.85. The van der Waals surface area contributed by atoms with Crippen molar-refractivity contribution < 1.29 is 0 Å². The number of unbranched alkanes of at least 4 members (excludes halogenated alkanes) is 11. The van der Waals surface area contributed by atoms with Crippen LogP contribution in [0.4, 0.5) is 0 Å². The van der Waals surface area contributed by atoms with E-state index in [-0.39, 0.29) is 0 Å². The normalized spacial score (nSPS) is 10.5. The summed E-state index contributed by atoms with van der Waals surface area (Å²) in [6, 6.07) is 8.74. The van der Waals surface area contributed by atoms with Crippen LogP contribution in [0.25, 0.3) is 0 Å². The molecular formula is C24H38S. The molecule has 0 unspecified atom stereocenters. The maximum atomic E-state index is 3.37. The van der Waals surface area contributed by atoms with Crippen LogP contribution in [0.5, 0.6) is 0 Å². The van der Waals surface area contributed by atoms with Crippen molar-refractivity contribution in [2.75, 3.05) is 6.26 Å². The van der Waals surface area contributed by atoms with Crippen molar-refractivity contribution in [1.29, 1.82) is 0 Å². The zero-order valence-electron chi connectivity index (χ0n) is 16.6. The Bertz CT molecular complexity index is 480. The van der Waals surface area contributed by atoms with Gasteiger partial charge in [0.2, 0.25) is 0 Å². The molecule has 0 spiro atoms. The van der Waals surface area contributed by atoms with Gasteiger partial charge >= 0.3 is 0 Å². The molecule has 0 radical (unpaired) electrons. The second-order valence-electron chi connectivity index (χ2n) is 6.95. The third-order valence-corrected chi connectivity index (χ3v) is 5.56. The van der Waals surface area contributed by atoms with Crippen molar-refractivity contribution in [2.45, 2.75) is 102 Å². The molecule has 0 aromatic heterocycles. The standard InChI is InChI=1S/C24H38S/c1-3-4-5-6-7-8-9-10-11-12-13-14-15-16-17-20-23-21-18-19-22-24(23)25-2/h18-19,21-22H,3-13,16-17,20H2,1-2H3. The Morgan fingerprint density at radius 1 is 0.720 bits per heavy atom. The third-order valence-electron chi connectivity index (χ3n) is 4.72. The quantitative estimate of drug-likeness (QED) is 0.184. The summed E-state index contributed by atoms with van der Waals surface area (Å²) < 4.78 is 0. The fraction of sp³-hybridized carbons (Fsp3) is 0.667. The molecule has 1 heteroatoms. The minimum atomic E-state index is 1.04. The van der Waals surface area contributed by atoms with Gasteiger partial charge in [0.25, 0.3) is 0 Å². The summed E-state index contributed by atoms with van der Waals surface area (Å²) in [6.07, 6.45) is 20.7. The number of benzene rings is 1. The van der Waals surface area contributed by atoms with Crippen molar-refractivity contribution in [3.05, 3.63) is 29.8 Å². The average molecular weight is 359 g/mol. The Kier molecular flexibility index (Phi) is 14.7. The highest BCUT2D eigenvalue weighted by atomic mass is 32.2. The SMILES string of the molecule is CCCCCCCCCCCCC#CCCCc1ccccc1SC. The van der Waals surface area contributed by atoms with Gasteiger partial charge < -0.3 is 0 Å². The Labute approximate surface area is 161 Å². The molecule has 0 atom stereocenters. The minimum absolute atomic E-state index is 1.04. The molecule has 0 saturated carbocycles. The number of aryl methyl sites for hydroxylation is 1. The lowest BCUT2D eigenvalue weighted by Crippen LogP contribution is -1.87. The van der Waals surface area contributed by atoms with Crippen LogP contribution in [-0.4, -0.2) is 6.26 Å². The molecule has 0 amide bonds. The van der Waals surface area contributed by atoms with Crippen LogP contribution < -0.4 is 0 Å². The van der Waals surface area contributed by atoms with Gasteiger partial charge in [-0.2, -0.15) is 0 Å². The van der Waals surface area contributed by atoms with Gasteiger partial charge in [-0.15, -0.1) is 23.6 Å². The monoisotopic (exact) mass is 358 g/mol. The molecular weight excluding hydrogens is 320 g/mol. The van der Waals surface area contributed by atoms with Crippen LogP contribution in [-0.2, 0) is 6.42 Å². The Morgan fingerprint density at radius 3 is 1.92 bits per heavy atom. The number of hydrogen-bond acceptors (Lipinski definition) is 1. The second kappa shape index (κ2) is 16.6. The molecule has 0 heterocycles. The van der Waals surface area contributed by atoms with Crippen LogP contribution in [0.1, 0.15) is 96.0 Å². The predicted molar refractivity (Wildman–Crippen MR) is 115 cm³/mol. The van der Waals surface area contributed by atoms with Gasteiger partial charge in [0.1, 0.15) is 0 Å². The zero-order chi connectivity index (χ0) is 18.0. The molecule has 0 nitrogen and oxygen atoms in total. The van der Waals surface area contributed by atoms with E-state index in [4.69, 9.17) is 0 Å². The third kappa shape index (κ3) is 12.2. The van der Waals surface area contributed by atoms with E-state index in [9.17, 15) is 0 Å². The number of thioether (sulfide) groups is 1. The van der Waals surface area contributed by atoms with E-state index in [0.717, 1.165) is 19.3 Å². The fourth-order valence-electron chi connectivity index (χ4n) is 3.15. The van der Waals surface area contributed by atoms with Crippen LogP contribution in [0, 0.1) is 11.8 Å². The highest BCUT2D eigenvalue weighted by Crippen LogP contribution is 2.21. The highest BCUT2D eigenvalue weighted by Gasteiger charge is 1.99. The topological polar surface area (TPSA) is 0 Å². The highest BCUT2D eigenvalue weighted by molar-refractivity contribution is 7.98. The van der Waals surface area contributed by atoms with Crippen LogP contribution in [0.3, 0.4) is 0 Å². The molecule has 1 aromatic rings. The number of hydrogen-bond donors (Lipinski definition) is 0. The van der Waals surface area contributed by atoms with Gasteiger partial charge in [0.05, 0.1) is 0 Å². The summed E-state index contributed by atoms with van der Waals surface area (Å²) in [5, 5.41) is 0. The lowest BCUT2D eigenvalue weighted by Gasteiger charge is -2.05. The molecule has 25 heavy (non-hydrogen) atoms. The smallest absolute Gasteiger partial charge is 0.0101 e. The van der Waals surface area contributed by atoms with Gasteiger partial charge in [0.15, 0.2) is 0 Å². The first-order valence-electron chi connectivity index (χ1n) is 10.5. The molecule has 0 N–H and O–H groups in total.